The summed E-state index contributed by atoms with van der Waals surface area (Å²) in [5.74, 6) is -0.710. The highest BCUT2D eigenvalue weighted by Crippen LogP contribution is 2.27. The van der Waals surface area contributed by atoms with Gasteiger partial charge < -0.3 is 9.42 Å². The van der Waals surface area contributed by atoms with Crippen LogP contribution in [0.2, 0.25) is 0 Å². The minimum Gasteiger partial charge on any atom is -0.334 e. The number of nitrogens with zero attached hydrogens (tertiary/aromatic N) is 3. The molecule has 0 radical (unpaired) electrons. The van der Waals surface area contributed by atoms with Crippen LogP contribution in [0.25, 0.3) is 0 Å². The molecule has 7 nitrogen and oxygen atoms in total. The maximum atomic E-state index is 12.7. The molecule has 0 spiro atoms. The molecule has 1 amide bonds. The van der Waals surface area contributed by atoms with Crippen molar-refractivity contribution in [2.45, 2.75) is 23.0 Å². The van der Waals surface area contributed by atoms with E-state index in [1.807, 2.05) is 18.2 Å². The standard InChI is InChI=1S/C20H19N3O4S/c24-20(23-12-11-16(13-23)15-7-3-1-4-8-15)19-21-18(22-27-19)14-28(25,26)17-9-5-2-6-10-17/h1-10,16H,11-14H2/t16-/m1/s1. The zero-order valence-corrected chi connectivity index (χ0v) is 15.9. The lowest BCUT2D eigenvalue weighted by atomic mass is 9.99. The summed E-state index contributed by atoms with van der Waals surface area (Å²) >= 11 is 0. The van der Waals surface area contributed by atoms with Crippen LogP contribution in [0, 0.1) is 0 Å². The van der Waals surface area contributed by atoms with Crippen LogP contribution in [0.5, 0.6) is 0 Å². The maximum absolute atomic E-state index is 12.7. The van der Waals surface area contributed by atoms with Gasteiger partial charge in [0, 0.05) is 19.0 Å². The van der Waals surface area contributed by atoms with E-state index in [1.54, 1.807) is 23.1 Å². The maximum Gasteiger partial charge on any atom is 0.316 e. The number of benzene rings is 2. The fourth-order valence-corrected chi connectivity index (χ4v) is 4.55. The van der Waals surface area contributed by atoms with Crippen molar-refractivity contribution in [1.82, 2.24) is 15.0 Å². The molecule has 8 heteroatoms. The Hall–Kier alpha value is -3.00. The predicted octanol–water partition coefficient (Wildman–Crippen LogP) is 2.67. The summed E-state index contributed by atoms with van der Waals surface area (Å²) in [4.78, 5) is 18.5. The van der Waals surface area contributed by atoms with E-state index in [0.29, 0.717) is 13.1 Å². The Morgan fingerprint density at radius 1 is 1.07 bits per heavy atom. The molecule has 1 atom stereocenters. The van der Waals surface area contributed by atoms with Gasteiger partial charge in [0.2, 0.25) is 0 Å². The fourth-order valence-electron chi connectivity index (χ4n) is 3.36. The molecule has 2 aromatic carbocycles. The summed E-state index contributed by atoms with van der Waals surface area (Å²) in [5, 5.41) is 3.68. The van der Waals surface area contributed by atoms with E-state index in [1.165, 1.54) is 17.7 Å². The van der Waals surface area contributed by atoms with Crippen LogP contribution in [0.1, 0.15) is 34.4 Å². The molecule has 1 aromatic heterocycles. The van der Waals surface area contributed by atoms with Gasteiger partial charge in [-0.05, 0) is 24.1 Å². The van der Waals surface area contributed by atoms with E-state index in [0.717, 1.165) is 6.42 Å². The highest BCUT2D eigenvalue weighted by molar-refractivity contribution is 7.90. The number of carbonyl (C=O) groups excluding carboxylic acids is 1. The van der Waals surface area contributed by atoms with E-state index >= 15 is 0 Å². The van der Waals surface area contributed by atoms with Gasteiger partial charge in [-0.25, -0.2) is 8.42 Å². The molecule has 0 aliphatic carbocycles. The number of hydrogen-bond acceptors (Lipinski definition) is 6. The van der Waals surface area contributed by atoms with E-state index < -0.39 is 15.6 Å². The number of amides is 1. The Morgan fingerprint density at radius 2 is 1.75 bits per heavy atom. The lowest BCUT2D eigenvalue weighted by Gasteiger charge is -2.14. The number of carbonyl (C=O) groups is 1. The third kappa shape index (κ3) is 3.82. The SMILES string of the molecule is O=C(c1nc(CS(=O)(=O)c2ccccc2)no1)N1CC[C@@H](c2ccccc2)C1. The Balaban J connectivity index is 1.44. The number of aromatic nitrogens is 2. The number of likely N-dealkylation sites (tertiary alicyclic amines) is 1. The first kappa shape index (κ1) is 18.4. The molecule has 0 N–H and O–H groups in total. The van der Waals surface area contributed by atoms with Gasteiger partial charge in [-0.2, -0.15) is 4.98 Å². The summed E-state index contributed by atoms with van der Waals surface area (Å²) in [6, 6.07) is 18.1. The lowest BCUT2D eigenvalue weighted by molar-refractivity contribution is 0.0741. The second-order valence-electron chi connectivity index (χ2n) is 6.74. The molecule has 1 aliphatic rings. The quantitative estimate of drug-likeness (QED) is 0.657. The molecule has 2 heterocycles. The van der Waals surface area contributed by atoms with Gasteiger partial charge in [-0.3, -0.25) is 4.79 Å². The van der Waals surface area contributed by atoms with Gasteiger partial charge in [0.05, 0.1) is 4.90 Å². The van der Waals surface area contributed by atoms with Crippen molar-refractivity contribution < 1.29 is 17.7 Å². The highest BCUT2D eigenvalue weighted by Gasteiger charge is 2.31. The summed E-state index contributed by atoms with van der Waals surface area (Å²) in [5.41, 5.74) is 1.19. The molecule has 1 aliphatic heterocycles. The highest BCUT2D eigenvalue weighted by atomic mass is 32.2. The second kappa shape index (κ2) is 7.55. The molecule has 0 unspecified atom stereocenters. The van der Waals surface area contributed by atoms with Crippen LogP contribution >= 0.6 is 0 Å². The van der Waals surface area contributed by atoms with E-state index in [4.69, 9.17) is 4.52 Å². The van der Waals surface area contributed by atoms with Gasteiger partial charge in [-0.1, -0.05) is 53.7 Å². The molecule has 144 valence electrons. The van der Waals surface area contributed by atoms with Crippen LogP contribution in [0.4, 0.5) is 0 Å². The van der Waals surface area contributed by atoms with Crippen molar-refractivity contribution >= 4 is 15.7 Å². The van der Waals surface area contributed by atoms with Gasteiger partial charge >= 0.3 is 11.8 Å². The van der Waals surface area contributed by atoms with Crippen molar-refractivity contribution in [1.29, 1.82) is 0 Å². The normalized spacial score (nSPS) is 17.0. The first-order valence-electron chi connectivity index (χ1n) is 8.97. The average molecular weight is 397 g/mol. The van der Waals surface area contributed by atoms with E-state index in [-0.39, 0.29) is 28.4 Å². The topological polar surface area (TPSA) is 93.4 Å². The number of sulfone groups is 1. The molecule has 1 saturated heterocycles. The predicted molar refractivity (Wildman–Crippen MR) is 101 cm³/mol. The van der Waals surface area contributed by atoms with Crippen molar-refractivity contribution in [2.24, 2.45) is 0 Å². The third-order valence-corrected chi connectivity index (χ3v) is 6.45. The molecule has 28 heavy (non-hydrogen) atoms. The van der Waals surface area contributed by atoms with E-state index in [2.05, 4.69) is 22.3 Å². The smallest absolute Gasteiger partial charge is 0.316 e. The summed E-state index contributed by atoms with van der Waals surface area (Å²) < 4.78 is 29.9. The first-order chi connectivity index (χ1) is 13.5. The number of hydrogen-bond donors (Lipinski definition) is 0. The molecular weight excluding hydrogens is 378 g/mol. The van der Waals surface area contributed by atoms with Gasteiger partial charge in [-0.15, -0.1) is 0 Å². The Morgan fingerprint density at radius 3 is 2.46 bits per heavy atom. The molecule has 0 saturated carbocycles. The minimum atomic E-state index is -3.60. The molecule has 4 rings (SSSR count). The summed E-state index contributed by atoms with van der Waals surface area (Å²) in [6.07, 6.45) is 0.860. The molecule has 3 aromatic rings. The van der Waals surface area contributed by atoms with Crippen molar-refractivity contribution in [3.05, 3.63) is 77.9 Å². The number of rotatable bonds is 5. The summed E-state index contributed by atoms with van der Waals surface area (Å²) in [6.45, 7) is 1.17. The Kier molecular flexibility index (Phi) is 4.95. The van der Waals surface area contributed by atoms with Crippen LogP contribution in [-0.4, -0.2) is 42.5 Å². The Labute approximate surface area is 162 Å². The monoisotopic (exact) mass is 397 g/mol. The third-order valence-electron chi connectivity index (χ3n) is 4.82. The van der Waals surface area contributed by atoms with Gasteiger partial charge in [0.25, 0.3) is 0 Å². The van der Waals surface area contributed by atoms with Crippen molar-refractivity contribution in [2.75, 3.05) is 13.1 Å². The van der Waals surface area contributed by atoms with Gasteiger partial charge in [0.15, 0.2) is 15.7 Å². The second-order valence-corrected chi connectivity index (χ2v) is 8.72. The molecule has 0 bridgehead atoms. The first-order valence-corrected chi connectivity index (χ1v) is 10.6. The zero-order chi connectivity index (χ0) is 19.6. The van der Waals surface area contributed by atoms with Crippen LogP contribution in [-0.2, 0) is 15.6 Å². The van der Waals surface area contributed by atoms with Crippen LogP contribution in [0.3, 0.4) is 0 Å². The van der Waals surface area contributed by atoms with Crippen LogP contribution in [0.15, 0.2) is 70.1 Å². The lowest BCUT2D eigenvalue weighted by Crippen LogP contribution is -2.28. The molecule has 1 fully saturated rings. The van der Waals surface area contributed by atoms with Crippen molar-refractivity contribution in [3.8, 4) is 0 Å². The fraction of sp³-hybridized carbons (Fsp3) is 0.250. The minimum absolute atomic E-state index is 0.0222. The largest absolute Gasteiger partial charge is 0.334 e. The van der Waals surface area contributed by atoms with Crippen molar-refractivity contribution in [3.63, 3.8) is 0 Å². The zero-order valence-electron chi connectivity index (χ0n) is 15.1. The van der Waals surface area contributed by atoms with Crippen LogP contribution < -0.4 is 0 Å². The Bertz CT molecular complexity index is 1070. The summed E-state index contributed by atoms with van der Waals surface area (Å²) in [7, 11) is -3.60. The molecular formula is C20H19N3O4S. The average Bonchev–Trinajstić information content (AvgIpc) is 3.38. The van der Waals surface area contributed by atoms with E-state index in [9.17, 15) is 13.2 Å². The van der Waals surface area contributed by atoms with Gasteiger partial charge in [0.1, 0.15) is 5.75 Å².